The fourth-order valence-corrected chi connectivity index (χ4v) is 4.92. The van der Waals surface area contributed by atoms with Gasteiger partial charge in [0.05, 0.1) is 16.3 Å². The molecule has 0 saturated heterocycles. The first-order valence-corrected chi connectivity index (χ1v) is 10.6. The summed E-state index contributed by atoms with van der Waals surface area (Å²) in [5.74, 6) is 0.130. The van der Waals surface area contributed by atoms with Gasteiger partial charge < -0.3 is 5.32 Å². The largest absolute Gasteiger partial charge is 0.325 e. The second-order valence-corrected chi connectivity index (χ2v) is 8.83. The third-order valence-corrected chi connectivity index (χ3v) is 6.68. The average Bonchev–Trinajstić information content (AvgIpc) is 2.98. The summed E-state index contributed by atoms with van der Waals surface area (Å²) in [6, 6.07) is 5.85. The van der Waals surface area contributed by atoms with E-state index < -0.39 is 0 Å². The number of aromatic nitrogens is 2. The maximum absolute atomic E-state index is 12.7. The Labute approximate surface area is 162 Å². The van der Waals surface area contributed by atoms with Gasteiger partial charge in [-0.15, -0.1) is 11.8 Å². The number of anilines is 1. The summed E-state index contributed by atoms with van der Waals surface area (Å²) in [6.07, 6.45) is 0.808. The number of carbonyl (C=O) groups is 1. The fraction of sp³-hybridized carbons (Fsp3) is 0.421. The monoisotopic (exact) mass is 389 g/mol. The van der Waals surface area contributed by atoms with Gasteiger partial charge in [-0.25, -0.2) is 4.98 Å². The van der Waals surface area contributed by atoms with Crippen LogP contribution < -0.4 is 10.9 Å². The van der Waals surface area contributed by atoms with Crippen LogP contribution in [0.15, 0.2) is 33.0 Å². The van der Waals surface area contributed by atoms with Crippen molar-refractivity contribution < 1.29 is 4.79 Å². The molecular weight excluding hydrogens is 366 g/mol. The van der Waals surface area contributed by atoms with E-state index >= 15 is 0 Å². The number of rotatable bonds is 5. The summed E-state index contributed by atoms with van der Waals surface area (Å²) < 4.78 is 1.67. The minimum atomic E-state index is -0.0937. The summed E-state index contributed by atoms with van der Waals surface area (Å²) >= 11 is 2.92. The summed E-state index contributed by atoms with van der Waals surface area (Å²) in [5.41, 5.74) is 3.93. The SMILES string of the molecule is CCn1c(SCC(=O)Nc2cccc(C)c2C)nc2c(c1=O)S[C@@H](C)C2. The number of amides is 1. The summed E-state index contributed by atoms with van der Waals surface area (Å²) in [6.45, 7) is 8.60. The van der Waals surface area contributed by atoms with Crippen LogP contribution in [0.3, 0.4) is 0 Å². The zero-order valence-corrected chi connectivity index (χ0v) is 17.1. The molecule has 1 N–H and O–H groups in total. The molecule has 3 rings (SSSR count). The Bertz CT molecular complexity index is 908. The lowest BCUT2D eigenvalue weighted by Crippen LogP contribution is -2.25. The molecule has 5 nitrogen and oxygen atoms in total. The molecule has 1 aliphatic heterocycles. The van der Waals surface area contributed by atoms with Gasteiger partial charge in [0.25, 0.3) is 5.56 Å². The van der Waals surface area contributed by atoms with Crippen LogP contribution in [0.5, 0.6) is 0 Å². The van der Waals surface area contributed by atoms with Crippen molar-refractivity contribution in [2.24, 2.45) is 0 Å². The van der Waals surface area contributed by atoms with Crippen molar-refractivity contribution in [1.29, 1.82) is 0 Å². The molecule has 1 aromatic carbocycles. The van der Waals surface area contributed by atoms with Crippen molar-refractivity contribution in [3.63, 3.8) is 0 Å². The van der Waals surface area contributed by atoms with Crippen molar-refractivity contribution in [1.82, 2.24) is 9.55 Å². The third-order valence-electron chi connectivity index (χ3n) is 4.49. The molecule has 1 aliphatic rings. The predicted octanol–water partition coefficient (Wildman–Crippen LogP) is 3.65. The molecule has 1 atom stereocenters. The number of aryl methyl sites for hydroxylation is 1. The Morgan fingerprint density at radius 3 is 2.92 bits per heavy atom. The standard InChI is InChI=1S/C19H23N3O2S2/c1-5-22-18(24)17-15(9-12(3)26-17)21-19(22)25-10-16(23)20-14-8-6-7-11(2)13(14)4/h6-8,12H,5,9-10H2,1-4H3,(H,20,23)/t12-/m0/s1. The van der Waals surface area contributed by atoms with Gasteiger partial charge in [-0.3, -0.25) is 14.2 Å². The lowest BCUT2D eigenvalue weighted by Gasteiger charge is -2.13. The highest BCUT2D eigenvalue weighted by molar-refractivity contribution is 8.00. The maximum Gasteiger partial charge on any atom is 0.268 e. The molecular formula is C19H23N3O2S2. The number of carbonyl (C=O) groups excluding carboxylic acids is 1. The first-order valence-electron chi connectivity index (χ1n) is 8.70. The molecule has 0 radical (unpaired) electrons. The van der Waals surface area contributed by atoms with Crippen LogP contribution in [0.2, 0.25) is 0 Å². The Morgan fingerprint density at radius 2 is 2.19 bits per heavy atom. The molecule has 7 heteroatoms. The first-order chi connectivity index (χ1) is 12.4. The number of nitrogens with one attached hydrogen (secondary N) is 1. The van der Waals surface area contributed by atoms with Gasteiger partial charge >= 0.3 is 0 Å². The first kappa shape index (κ1) is 19.0. The zero-order chi connectivity index (χ0) is 18.8. The van der Waals surface area contributed by atoms with Gasteiger partial charge in [0.15, 0.2) is 5.16 Å². The van der Waals surface area contributed by atoms with Crippen LogP contribution in [0.4, 0.5) is 5.69 Å². The van der Waals surface area contributed by atoms with Crippen LogP contribution in [-0.4, -0.2) is 26.5 Å². The van der Waals surface area contributed by atoms with Crippen LogP contribution in [-0.2, 0) is 17.8 Å². The van der Waals surface area contributed by atoms with E-state index in [1.165, 1.54) is 11.8 Å². The van der Waals surface area contributed by atoms with E-state index in [0.717, 1.165) is 33.8 Å². The number of hydrogen-bond donors (Lipinski definition) is 1. The van der Waals surface area contributed by atoms with Gasteiger partial charge in [0, 0.05) is 23.9 Å². The van der Waals surface area contributed by atoms with E-state index in [1.54, 1.807) is 16.3 Å². The molecule has 0 fully saturated rings. The molecule has 0 aliphatic carbocycles. The molecule has 0 saturated carbocycles. The van der Waals surface area contributed by atoms with E-state index in [2.05, 4.69) is 17.2 Å². The van der Waals surface area contributed by atoms with Crippen molar-refractivity contribution in [2.45, 2.75) is 56.0 Å². The molecule has 2 aromatic rings. The topological polar surface area (TPSA) is 64.0 Å². The normalized spacial score (nSPS) is 15.8. The lowest BCUT2D eigenvalue weighted by molar-refractivity contribution is -0.113. The van der Waals surface area contributed by atoms with Gasteiger partial charge in [-0.05, 0) is 38.0 Å². The van der Waals surface area contributed by atoms with Crippen molar-refractivity contribution in [3.8, 4) is 0 Å². The van der Waals surface area contributed by atoms with Gasteiger partial charge in [-0.1, -0.05) is 30.8 Å². The molecule has 1 aromatic heterocycles. The molecule has 2 heterocycles. The molecule has 138 valence electrons. The van der Waals surface area contributed by atoms with E-state index in [-0.39, 0.29) is 17.2 Å². The van der Waals surface area contributed by atoms with Crippen LogP contribution >= 0.6 is 23.5 Å². The Hall–Kier alpha value is -1.73. The highest BCUT2D eigenvalue weighted by Gasteiger charge is 2.26. The van der Waals surface area contributed by atoms with E-state index in [1.807, 2.05) is 39.0 Å². The zero-order valence-electron chi connectivity index (χ0n) is 15.5. The maximum atomic E-state index is 12.7. The summed E-state index contributed by atoms with van der Waals surface area (Å²) in [4.78, 5) is 30.5. The van der Waals surface area contributed by atoms with Crippen LogP contribution in [0.1, 0.15) is 30.7 Å². The number of fused-ring (bicyclic) bond motifs is 1. The number of hydrogen-bond acceptors (Lipinski definition) is 5. The van der Waals surface area contributed by atoms with E-state index in [0.29, 0.717) is 17.0 Å². The van der Waals surface area contributed by atoms with Crippen LogP contribution in [0, 0.1) is 13.8 Å². The average molecular weight is 390 g/mol. The fourth-order valence-electron chi connectivity index (χ4n) is 2.92. The smallest absolute Gasteiger partial charge is 0.268 e. The quantitative estimate of drug-likeness (QED) is 0.625. The van der Waals surface area contributed by atoms with Gasteiger partial charge in [-0.2, -0.15) is 0 Å². The molecule has 1 amide bonds. The Morgan fingerprint density at radius 1 is 1.42 bits per heavy atom. The molecule has 0 unspecified atom stereocenters. The highest BCUT2D eigenvalue weighted by atomic mass is 32.2. The lowest BCUT2D eigenvalue weighted by atomic mass is 10.1. The highest BCUT2D eigenvalue weighted by Crippen LogP contribution is 2.34. The van der Waals surface area contributed by atoms with E-state index in [4.69, 9.17) is 0 Å². The number of benzene rings is 1. The van der Waals surface area contributed by atoms with Crippen molar-refractivity contribution >= 4 is 35.1 Å². The minimum Gasteiger partial charge on any atom is -0.325 e. The van der Waals surface area contributed by atoms with Crippen molar-refractivity contribution in [3.05, 3.63) is 45.4 Å². The van der Waals surface area contributed by atoms with Gasteiger partial charge in [0.2, 0.25) is 5.91 Å². The number of thioether (sulfide) groups is 2. The van der Waals surface area contributed by atoms with Crippen molar-refractivity contribution in [2.75, 3.05) is 11.1 Å². The molecule has 0 bridgehead atoms. The predicted molar refractivity (Wildman–Crippen MR) is 108 cm³/mol. The van der Waals surface area contributed by atoms with Crippen LogP contribution in [0.25, 0.3) is 0 Å². The third kappa shape index (κ3) is 3.83. The minimum absolute atomic E-state index is 0.0179. The second kappa shape index (κ2) is 7.88. The molecule has 0 spiro atoms. The summed E-state index contributed by atoms with van der Waals surface area (Å²) in [7, 11) is 0. The van der Waals surface area contributed by atoms with E-state index in [9.17, 15) is 9.59 Å². The number of nitrogens with zero attached hydrogens (tertiary/aromatic N) is 2. The van der Waals surface area contributed by atoms with Gasteiger partial charge in [0.1, 0.15) is 0 Å². The Balaban J connectivity index is 1.74. The summed E-state index contributed by atoms with van der Waals surface area (Å²) in [5, 5.41) is 3.96. The molecule has 26 heavy (non-hydrogen) atoms. The second-order valence-electron chi connectivity index (χ2n) is 6.44. The Kier molecular flexibility index (Phi) is 5.77.